The highest BCUT2D eigenvalue weighted by Gasteiger charge is 2.29. The van der Waals surface area contributed by atoms with Crippen LogP contribution < -0.4 is 33.4 Å². The third-order valence-corrected chi connectivity index (χ3v) is 7.42. The van der Waals surface area contributed by atoms with Crippen molar-refractivity contribution >= 4 is 27.8 Å². The Labute approximate surface area is 227 Å². The normalized spacial score (nSPS) is 11.1. The van der Waals surface area contributed by atoms with Crippen LogP contribution in [0.3, 0.4) is 0 Å². The number of hydrogen-bond acceptors (Lipinski definition) is 9. The SMILES string of the molecule is COc1ccc(N(CC(=O)N/N=C\c2cc(OC)c(OC)c(OC)c2)S(=O)(=O)c2ccc(C)cc2)c(OC)c1. The monoisotopic (exact) mass is 557 g/mol. The van der Waals surface area contributed by atoms with Crippen molar-refractivity contribution in [3.8, 4) is 28.7 Å². The summed E-state index contributed by atoms with van der Waals surface area (Å²) in [6.07, 6.45) is 1.37. The van der Waals surface area contributed by atoms with Crippen molar-refractivity contribution in [1.29, 1.82) is 0 Å². The largest absolute Gasteiger partial charge is 0.497 e. The van der Waals surface area contributed by atoms with E-state index in [2.05, 4.69) is 10.5 Å². The third kappa shape index (κ3) is 6.71. The summed E-state index contributed by atoms with van der Waals surface area (Å²) in [4.78, 5) is 13.0. The van der Waals surface area contributed by atoms with Crippen molar-refractivity contribution in [1.82, 2.24) is 5.43 Å². The van der Waals surface area contributed by atoms with E-state index in [-0.39, 0.29) is 16.3 Å². The molecule has 0 unspecified atom stereocenters. The number of aryl methyl sites for hydroxylation is 1. The Morgan fingerprint density at radius 3 is 2.00 bits per heavy atom. The zero-order valence-corrected chi connectivity index (χ0v) is 23.4. The fourth-order valence-electron chi connectivity index (χ4n) is 3.65. The maximum atomic E-state index is 13.7. The van der Waals surface area contributed by atoms with Gasteiger partial charge in [0.15, 0.2) is 11.5 Å². The van der Waals surface area contributed by atoms with Crippen LogP contribution in [-0.2, 0) is 14.8 Å². The van der Waals surface area contributed by atoms with Gasteiger partial charge in [-0.15, -0.1) is 0 Å². The first-order chi connectivity index (χ1) is 18.7. The van der Waals surface area contributed by atoms with Crippen LogP contribution >= 0.6 is 0 Å². The average molecular weight is 558 g/mol. The second-order valence-electron chi connectivity index (χ2n) is 8.11. The van der Waals surface area contributed by atoms with Crippen LogP contribution in [0, 0.1) is 6.92 Å². The highest BCUT2D eigenvalue weighted by atomic mass is 32.2. The molecule has 0 aliphatic heterocycles. The number of benzene rings is 3. The van der Waals surface area contributed by atoms with Gasteiger partial charge in [-0.1, -0.05) is 17.7 Å². The van der Waals surface area contributed by atoms with Gasteiger partial charge in [0.1, 0.15) is 18.0 Å². The van der Waals surface area contributed by atoms with E-state index in [1.165, 1.54) is 66.0 Å². The van der Waals surface area contributed by atoms with Gasteiger partial charge in [0.2, 0.25) is 5.75 Å². The van der Waals surface area contributed by atoms with Crippen molar-refractivity contribution < 1.29 is 36.9 Å². The number of rotatable bonds is 12. The number of ether oxygens (including phenoxy) is 5. The molecule has 0 aliphatic carbocycles. The maximum Gasteiger partial charge on any atom is 0.264 e. The van der Waals surface area contributed by atoms with Crippen LogP contribution in [0.1, 0.15) is 11.1 Å². The minimum atomic E-state index is -4.17. The standard InChI is InChI=1S/C27H31N3O8S/c1-18-7-10-21(11-8-18)39(32,33)30(22-12-9-20(34-2)15-23(22)35-3)17-26(31)29-28-16-19-13-24(36-4)27(38-6)25(14-19)37-5/h7-16H,17H2,1-6H3,(H,29,31)/b28-16-. The molecule has 0 spiro atoms. The summed E-state index contributed by atoms with van der Waals surface area (Å²) in [5.74, 6) is 1.21. The van der Waals surface area contributed by atoms with Crippen LogP contribution in [-0.4, -0.2) is 62.6 Å². The number of anilines is 1. The lowest BCUT2D eigenvalue weighted by Gasteiger charge is -2.25. The second-order valence-corrected chi connectivity index (χ2v) is 9.98. The smallest absolute Gasteiger partial charge is 0.264 e. The fraction of sp³-hybridized carbons (Fsp3) is 0.259. The topological polar surface area (TPSA) is 125 Å². The summed E-state index contributed by atoms with van der Waals surface area (Å²) in [6.45, 7) is 1.27. The molecule has 0 aliphatic rings. The van der Waals surface area contributed by atoms with Gasteiger partial charge in [0.05, 0.1) is 52.3 Å². The average Bonchev–Trinajstić information content (AvgIpc) is 2.95. The zero-order chi connectivity index (χ0) is 28.6. The van der Waals surface area contributed by atoms with E-state index in [1.54, 1.807) is 30.3 Å². The Morgan fingerprint density at radius 2 is 1.46 bits per heavy atom. The number of carbonyl (C=O) groups excluding carboxylic acids is 1. The molecule has 0 heterocycles. The predicted octanol–water partition coefficient (Wildman–Crippen LogP) is 3.38. The van der Waals surface area contributed by atoms with E-state index in [4.69, 9.17) is 23.7 Å². The lowest BCUT2D eigenvalue weighted by Crippen LogP contribution is -2.39. The van der Waals surface area contributed by atoms with E-state index in [0.29, 0.717) is 28.6 Å². The molecule has 0 atom stereocenters. The molecule has 0 aromatic heterocycles. The van der Waals surface area contributed by atoms with E-state index in [1.807, 2.05) is 6.92 Å². The number of methoxy groups -OCH3 is 5. The van der Waals surface area contributed by atoms with Crippen molar-refractivity contribution in [2.24, 2.45) is 5.10 Å². The molecule has 0 bridgehead atoms. The van der Waals surface area contributed by atoms with Gasteiger partial charge in [0.25, 0.3) is 15.9 Å². The molecular weight excluding hydrogens is 526 g/mol. The van der Waals surface area contributed by atoms with E-state index in [0.717, 1.165) is 9.87 Å². The third-order valence-electron chi connectivity index (χ3n) is 5.64. The number of carbonyl (C=O) groups is 1. The zero-order valence-electron chi connectivity index (χ0n) is 22.5. The first-order valence-corrected chi connectivity index (χ1v) is 13.1. The van der Waals surface area contributed by atoms with E-state index in [9.17, 15) is 13.2 Å². The fourth-order valence-corrected chi connectivity index (χ4v) is 5.08. The number of nitrogens with zero attached hydrogens (tertiary/aromatic N) is 2. The molecule has 1 N–H and O–H groups in total. The van der Waals surface area contributed by atoms with E-state index < -0.39 is 22.5 Å². The van der Waals surface area contributed by atoms with E-state index >= 15 is 0 Å². The molecule has 0 saturated carbocycles. The van der Waals surface area contributed by atoms with Gasteiger partial charge in [0, 0.05) is 11.6 Å². The predicted molar refractivity (Wildman–Crippen MR) is 147 cm³/mol. The van der Waals surface area contributed by atoms with Crippen LogP contribution in [0.4, 0.5) is 5.69 Å². The van der Waals surface area contributed by atoms with Gasteiger partial charge < -0.3 is 23.7 Å². The number of hydrogen-bond donors (Lipinski definition) is 1. The van der Waals surface area contributed by atoms with Gasteiger partial charge in [-0.25, -0.2) is 13.8 Å². The summed E-state index contributed by atoms with van der Waals surface area (Å²) in [6, 6.07) is 14.2. The first-order valence-electron chi connectivity index (χ1n) is 11.6. The van der Waals surface area contributed by atoms with Crippen LogP contribution in [0.5, 0.6) is 28.7 Å². The van der Waals surface area contributed by atoms with Gasteiger partial charge >= 0.3 is 0 Å². The van der Waals surface area contributed by atoms with Crippen LogP contribution in [0.2, 0.25) is 0 Å². The Kier molecular flexibility index (Phi) is 9.61. The minimum absolute atomic E-state index is 0.0136. The van der Waals surface area contributed by atoms with Crippen molar-refractivity contribution in [2.45, 2.75) is 11.8 Å². The van der Waals surface area contributed by atoms with Gasteiger partial charge in [-0.05, 0) is 43.3 Å². The van der Waals surface area contributed by atoms with Crippen LogP contribution in [0.25, 0.3) is 0 Å². The Balaban J connectivity index is 1.92. The lowest BCUT2D eigenvalue weighted by atomic mass is 10.2. The molecule has 0 saturated heterocycles. The molecule has 208 valence electrons. The molecule has 0 radical (unpaired) electrons. The lowest BCUT2D eigenvalue weighted by molar-refractivity contribution is -0.119. The van der Waals surface area contributed by atoms with Gasteiger partial charge in [-0.2, -0.15) is 5.10 Å². The molecule has 1 amide bonds. The molecule has 3 aromatic carbocycles. The highest BCUT2D eigenvalue weighted by molar-refractivity contribution is 7.92. The summed E-state index contributed by atoms with van der Waals surface area (Å²) >= 11 is 0. The van der Waals surface area contributed by atoms with Crippen molar-refractivity contribution in [2.75, 3.05) is 46.4 Å². The molecule has 3 aromatic rings. The van der Waals surface area contributed by atoms with Crippen molar-refractivity contribution in [3.63, 3.8) is 0 Å². The van der Waals surface area contributed by atoms with Crippen LogP contribution in [0.15, 0.2) is 64.6 Å². The first kappa shape index (κ1) is 29.1. The van der Waals surface area contributed by atoms with Gasteiger partial charge in [-0.3, -0.25) is 9.10 Å². The number of sulfonamides is 1. The molecule has 39 heavy (non-hydrogen) atoms. The quantitative estimate of drug-likeness (QED) is 0.265. The molecule has 0 fully saturated rings. The molecule has 12 heteroatoms. The maximum absolute atomic E-state index is 13.7. The summed E-state index contributed by atoms with van der Waals surface area (Å²) in [5, 5.41) is 3.98. The molecule has 11 nitrogen and oxygen atoms in total. The summed E-state index contributed by atoms with van der Waals surface area (Å²) < 4.78 is 54.9. The second kappa shape index (κ2) is 12.9. The number of amides is 1. The highest BCUT2D eigenvalue weighted by Crippen LogP contribution is 2.38. The number of nitrogens with one attached hydrogen (secondary N) is 1. The number of hydrazone groups is 1. The summed E-state index contributed by atoms with van der Waals surface area (Å²) in [5.41, 5.74) is 3.97. The Hall–Kier alpha value is -4.45. The molecule has 3 rings (SSSR count). The summed E-state index contributed by atoms with van der Waals surface area (Å²) in [7, 11) is 3.17. The Bertz CT molecular complexity index is 1410. The van der Waals surface area contributed by atoms with Crippen molar-refractivity contribution in [3.05, 3.63) is 65.7 Å². The molecular formula is C27H31N3O8S. The Morgan fingerprint density at radius 1 is 0.846 bits per heavy atom. The minimum Gasteiger partial charge on any atom is -0.497 e.